The lowest BCUT2D eigenvalue weighted by atomic mass is 10.1. The molecule has 1 aromatic heterocycles. The van der Waals surface area contributed by atoms with E-state index in [1.165, 1.54) is 4.90 Å². The second kappa shape index (κ2) is 10.6. The number of ether oxygens (including phenoxy) is 1. The van der Waals surface area contributed by atoms with E-state index in [0.717, 1.165) is 6.20 Å². The van der Waals surface area contributed by atoms with Crippen molar-refractivity contribution < 1.29 is 32.6 Å². The number of aromatic nitrogens is 2. The zero-order chi connectivity index (χ0) is 26.0. The highest BCUT2D eigenvalue weighted by Crippen LogP contribution is 2.31. The number of halogens is 4. The van der Waals surface area contributed by atoms with Gasteiger partial charge in [-0.05, 0) is 31.2 Å². The van der Waals surface area contributed by atoms with Gasteiger partial charge in [-0.25, -0.2) is 14.8 Å². The Morgan fingerprint density at radius 2 is 1.81 bits per heavy atom. The molecule has 4 rings (SSSR count). The van der Waals surface area contributed by atoms with Gasteiger partial charge >= 0.3 is 12.1 Å². The molecule has 0 spiro atoms. The summed E-state index contributed by atoms with van der Waals surface area (Å²) in [6, 6.07) is 6.20. The number of piperazine rings is 1. The third-order valence-electron chi connectivity index (χ3n) is 6.24. The minimum Gasteiger partial charge on any atom is -0.462 e. The summed E-state index contributed by atoms with van der Waals surface area (Å²) in [7, 11) is 0. The first-order valence-electron chi connectivity index (χ1n) is 11.4. The number of amides is 1. The minimum absolute atomic E-state index is 0.0185. The summed E-state index contributed by atoms with van der Waals surface area (Å²) in [5.74, 6) is -2.57. The molecule has 0 aliphatic carbocycles. The topological polar surface area (TPSA) is 99.1 Å². The molecule has 36 heavy (non-hydrogen) atoms. The van der Waals surface area contributed by atoms with Crippen molar-refractivity contribution in [3.05, 3.63) is 52.4 Å². The maximum atomic E-state index is 13.3. The molecular formula is C23H25ClF3N5O4. The van der Waals surface area contributed by atoms with Gasteiger partial charge in [-0.15, -0.1) is 0 Å². The van der Waals surface area contributed by atoms with E-state index in [4.69, 9.17) is 16.3 Å². The molecule has 0 bridgehead atoms. The number of rotatable bonds is 5. The van der Waals surface area contributed by atoms with Gasteiger partial charge in [-0.2, -0.15) is 13.2 Å². The van der Waals surface area contributed by atoms with Crippen LogP contribution in [0.2, 0.25) is 5.02 Å². The van der Waals surface area contributed by atoms with Crippen LogP contribution in [0.1, 0.15) is 33.5 Å². The molecule has 2 aromatic rings. The molecule has 9 nitrogen and oxygen atoms in total. The average molecular weight is 528 g/mol. The van der Waals surface area contributed by atoms with Gasteiger partial charge in [0, 0.05) is 56.1 Å². The Balaban J connectivity index is 1.47. The summed E-state index contributed by atoms with van der Waals surface area (Å²) in [6.07, 6.45) is -4.89. The lowest BCUT2D eigenvalue weighted by Gasteiger charge is -2.38. The van der Waals surface area contributed by atoms with Gasteiger partial charge in [0.05, 0.1) is 18.8 Å². The molecular weight excluding hydrogens is 503 g/mol. The van der Waals surface area contributed by atoms with Crippen molar-refractivity contribution in [2.45, 2.75) is 25.2 Å². The predicted molar refractivity (Wildman–Crippen MR) is 124 cm³/mol. The average Bonchev–Trinajstić information content (AvgIpc) is 3.25. The van der Waals surface area contributed by atoms with Crippen LogP contribution < -0.4 is 4.90 Å². The summed E-state index contributed by atoms with van der Waals surface area (Å²) in [6.45, 7) is 3.52. The van der Waals surface area contributed by atoms with Gasteiger partial charge in [0.1, 0.15) is 11.4 Å². The third kappa shape index (κ3) is 5.55. The summed E-state index contributed by atoms with van der Waals surface area (Å²) in [5.41, 5.74) is 0.326. The van der Waals surface area contributed by atoms with Crippen molar-refractivity contribution in [1.82, 2.24) is 19.8 Å². The van der Waals surface area contributed by atoms with E-state index in [-0.39, 0.29) is 37.0 Å². The molecule has 1 aromatic carbocycles. The number of carbonyl (C=O) groups excluding carboxylic acids is 2. The van der Waals surface area contributed by atoms with Crippen LogP contribution in [0.15, 0.2) is 30.5 Å². The molecule has 2 fully saturated rings. The zero-order valence-electron chi connectivity index (χ0n) is 19.4. The Morgan fingerprint density at radius 3 is 2.42 bits per heavy atom. The monoisotopic (exact) mass is 527 g/mol. The number of benzene rings is 1. The van der Waals surface area contributed by atoms with E-state index in [2.05, 4.69) is 9.97 Å². The predicted octanol–water partition coefficient (Wildman–Crippen LogP) is 2.33. The molecule has 0 unspecified atom stereocenters. The largest absolute Gasteiger partial charge is 0.462 e. The maximum Gasteiger partial charge on any atom is 0.451 e. The Kier molecular flexibility index (Phi) is 7.67. The first kappa shape index (κ1) is 26.1. The molecule has 2 saturated heterocycles. The van der Waals surface area contributed by atoms with Crippen LogP contribution in [0.5, 0.6) is 0 Å². The van der Waals surface area contributed by atoms with E-state index in [0.29, 0.717) is 36.8 Å². The molecule has 3 heterocycles. The van der Waals surface area contributed by atoms with Gasteiger partial charge in [0.2, 0.25) is 5.82 Å². The number of hydrogen-bond donors (Lipinski definition) is 1. The van der Waals surface area contributed by atoms with Crippen LogP contribution in [0, 0.1) is 0 Å². The number of anilines is 1. The molecule has 2 atom stereocenters. The fourth-order valence-electron chi connectivity index (χ4n) is 4.44. The summed E-state index contributed by atoms with van der Waals surface area (Å²) >= 11 is 5.89. The number of hydrogen-bond acceptors (Lipinski definition) is 8. The number of carbonyl (C=O) groups is 2. The minimum atomic E-state index is -4.80. The molecule has 194 valence electrons. The van der Waals surface area contributed by atoms with Crippen molar-refractivity contribution in [3.63, 3.8) is 0 Å². The van der Waals surface area contributed by atoms with Gasteiger partial charge in [-0.1, -0.05) is 11.6 Å². The van der Waals surface area contributed by atoms with E-state index >= 15 is 0 Å². The Labute approximate surface area is 210 Å². The number of aliphatic hydroxyl groups excluding tert-OH is 1. The standard InChI is InChI=1S/C23H25ClF3N5O4/c1-2-36-21(35)16-11-28-22(23(25,26)27)29-19(16)32-12-17(18(33)13-32)30-7-9-31(10-8-30)20(34)14-3-5-15(24)6-4-14/h3-6,11,17-18,33H,2,7-10,12-13H2,1H3/t17-,18-/m1/s1. The number of alkyl halides is 3. The van der Waals surface area contributed by atoms with Gasteiger partial charge in [0.25, 0.3) is 5.91 Å². The first-order valence-corrected chi connectivity index (χ1v) is 11.8. The lowest BCUT2D eigenvalue weighted by molar-refractivity contribution is -0.144. The number of β-amino-alcohol motifs (C(OH)–C–C–N with tert-alkyl or cyclic N) is 1. The maximum absolute atomic E-state index is 13.3. The Hall–Kier alpha value is -2.96. The third-order valence-corrected chi connectivity index (χ3v) is 6.49. The molecule has 2 aliphatic heterocycles. The first-order chi connectivity index (χ1) is 17.1. The summed E-state index contributed by atoms with van der Waals surface area (Å²) in [4.78, 5) is 37.2. The highest BCUT2D eigenvalue weighted by molar-refractivity contribution is 6.30. The number of nitrogens with zero attached hydrogens (tertiary/aromatic N) is 5. The quantitative estimate of drug-likeness (QED) is 0.592. The number of esters is 1. The van der Waals surface area contributed by atoms with Crippen LogP contribution in [0.3, 0.4) is 0 Å². The van der Waals surface area contributed by atoms with E-state index in [9.17, 15) is 27.9 Å². The van der Waals surface area contributed by atoms with Gasteiger partial charge in [0.15, 0.2) is 0 Å². The smallest absolute Gasteiger partial charge is 0.451 e. The molecule has 0 saturated carbocycles. The SMILES string of the molecule is CCOC(=O)c1cnc(C(F)(F)F)nc1N1C[C@@H](O)[C@H](N2CCN(C(=O)c3ccc(Cl)cc3)CC2)C1. The van der Waals surface area contributed by atoms with Gasteiger partial charge in [-0.3, -0.25) is 9.69 Å². The summed E-state index contributed by atoms with van der Waals surface area (Å²) in [5, 5.41) is 11.3. The van der Waals surface area contributed by atoms with E-state index in [1.807, 2.05) is 4.90 Å². The fourth-order valence-corrected chi connectivity index (χ4v) is 4.56. The van der Waals surface area contributed by atoms with Crippen molar-refractivity contribution in [1.29, 1.82) is 0 Å². The molecule has 0 radical (unpaired) electrons. The second-order valence-electron chi connectivity index (χ2n) is 8.52. The van der Waals surface area contributed by atoms with Crippen LogP contribution in [0.25, 0.3) is 0 Å². The highest BCUT2D eigenvalue weighted by Gasteiger charge is 2.41. The van der Waals surface area contributed by atoms with Crippen LogP contribution in [-0.4, -0.2) is 94.8 Å². The van der Waals surface area contributed by atoms with Crippen LogP contribution in [0.4, 0.5) is 19.0 Å². The van der Waals surface area contributed by atoms with Crippen LogP contribution >= 0.6 is 11.6 Å². The number of aliphatic hydroxyl groups is 1. The Bertz CT molecular complexity index is 1110. The molecule has 1 amide bonds. The van der Waals surface area contributed by atoms with Crippen molar-refractivity contribution in [2.75, 3.05) is 50.8 Å². The second-order valence-corrected chi connectivity index (χ2v) is 8.96. The lowest BCUT2D eigenvalue weighted by Crippen LogP contribution is -2.54. The molecule has 2 aliphatic rings. The van der Waals surface area contributed by atoms with E-state index in [1.54, 1.807) is 36.1 Å². The van der Waals surface area contributed by atoms with Crippen molar-refractivity contribution in [2.24, 2.45) is 0 Å². The molecule has 13 heteroatoms. The van der Waals surface area contributed by atoms with E-state index < -0.39 is 30.1 Å². The van der Waals surface area contributed by atoms with Crippen molar-refractivity contribution >= 4 is 29.3 Å². The fraction of sp³-hybridized carbons (Fsp3) is 0.478. The Morgan fingerprint density at radius 1 is 1.14 bits per heavy atom. The zero-order valence-corrected chi connectivity index (χ0v) is 20.2. The normalized spacial score (nSPS) is 21.1. The van der Waals surface area contributed by atoms with Crippen LogP contribution in [-0.2, 0) is 10.9 Å². The van der Waals surface area contributed by atoms with Gasteiger partial charge < -0.3 is 19.6 Å². The summed E-state index contributed by atoms with van der Waals surface area (Å²) < 4.78 is 44.8. The van der Waals surface area contributed by atoms with Crippen molar-refractivity contribution in [3.8, 4) is 0 Å². The molecule has 1 N–H and O–H groups in total. The highest BCUT2D eigenvalue weighted by atomic mass is 35.5.